The number of aliphatic hydroxyl groups is 1. The van der Waals surface area contributed by atoms with Crippen molar-refractivity contribution >= 4 is 27.3 Å². The zero-order valence-electron chi connectivity index (χ0n) is 9.50. The Morgan fingerprint density at radius 3 is 2.53 bits per heavy atom. The van der Waals surface area contributed by atoms with Crippen LogP contribution in [0.25, 0.3) is 0 Å². The fraction of sp³-hybridized carbons (Fsp3) is 0.231. The van der Waals surface area contributed by atoms with Gasteiger partial charge in [-0.05, 0) is 58.6 Å². The first kappa shape index (κ1) is 12.7. The number of aryl methyl sites for hydroxylation is 2. The van der Waals surface area contributed by atoms with Crippen LogP contribution in [0.1, 0.15) is 27.7 Å². The second kappa shape index (κ2) is 4.88. The summed E-state index contributed by atoms with van der Waals surface area (Å²) < 4.78 is 14.1. The van der Waals surface area contributed by atoms with Gasteiger partial charge < -0.3 is 5.11 Å². The molecule has 1 atom stereocenters. The lowest BCUT2D eigenvalue weighted by Crippen LogP contribution is -2.00. The normalized spacial score (nSPS) is 12.8. The molecule has 0 aliphatic rings. The molecule has 0 saturated carbocycles. The maximum Gasteiger partial charge on any atom is 0.126 e. The van der Waals surface area contributed by atoms with Crippen LogP contribution >= 0.6 is 27.3 Å². The maximum atomic E-state index is 13.2. The number of hydrogen-bond donors (Lipinski definition) is 1. The molecule has 1 aromatic carbocycles. The second-order valence-electron chi connectivity index (χ2n) is 3.97. The van der Waals surface area contributed by atoms with Gasteiger partial charge in [0.1, 0.15) is 11.9 Å². The third-order valence-electron chi connectivity index (χ3n) is 2.72. The molecule has 4 heteroatoms. The van der Waals surface area contributed by atoms with E-state index in [2.05, 4.69) is 15.9 Å². The van der Waals surface area contributed by atoms with Gasteiger partial charge in [-0.25, -0.2) is 4.39 Å². The minimum Gasteiger partial charge on any atom is -0.384 e. The van der Waals surface area contributed by atoms with E-state index in [1.165, 1.54) is 6.07 Å². The number of thiophene rings is 1. The zero-order chi connectivity index (χ0) is 12.6. The molecule has 90 valence electrons. The summed E-state index contributed by atoms with van der Waals surface area (Å²) in [5.74, 6) is -0.246. The lowest BCUT2D eigenvalue weighted by atomic mass is 10.0. The van der Waals surface area contributed by atoms with Crippen molar-refractivity contribution < 1.29 is 9.50 Å². The van der Waals surface area contributed by atoms with Crippen molar-refractivity contribution in [2.45, 2.75) is 20.0 Å². The van der Waals surface area contributed by atoms with Crippen molar-refractivity contribution in [3.63, 3.8) is 0 Å². The van der Waals surface area contributed by atoms with E-state index < -0.39 is 6.10 Å². The van der Waals surface area contributed by atoms with E-state index in [1.54, 1.807) is 30.4 Å². The molecule has 2 aromatic rings. The van der Waals surface area contributed by atoms with Crippen LogP contribution in [-0.4, -0.2) is 5.11 Å². The molecule has 17 heavy (non-hydrogen) atoms. The predicted molar refractivity (Wildman–Crippen MR) is 72.0 cm³/mol. The van der Waals surface area contributed by atoms with E-state index in [4.69, 9.17) is 0 Å². The van der Waals surface area contributed by atoms with Gasteiger partial charge in [-0.1, -0.05) is 12.1 Å². The van der Waals surface area contributed by atoms with Crippen LogP contribution in [0.3, 0.4) is 0 Å². The van der Waals surface area contributed by atoms with Gasteiger partial charge in [-0.3, -0.25) is 0 Å². The van der Waals surface area contributed by atoms with Crippen LogP contribution in [0.2, 0.25) is 0 Å². The smallest absolute Gasteiger partial charge is 0.126 e. The highest BCUT2D eigenvalue weighted by atomic mass is 79.9. The largest absolute Gasteiger partial charge is 0.384 e. The van der Waals surface area contributed by atoms with Crippen LogP contribution < -0.4 is 0 Å². The van der Waals surface area contributed by atoms with E-state index in [9.17, 15) is 9.50 Å². The molecule has 0 bridgehead atoms. The predicted octanol–water partition coefficient (Wildman–Crippen LogP) is 4.35. The molecule has 1 unspecified atom stereocenters. The van der Waals surface area contributed by atoms with Gasteiger partial charge in [0.05, 0.1) is 3.79 Å². The minimum atomic E-state index is -0.697. The third kappa shape index (κ3) is 2.59. The van der Waals surface area contributed by atoms with Crippen molar-refractivity contribution in [3.05, 3.63) is 55.4 Å². The van der Waals surface area contributed by atoms with Crippen LogP contribution in [0, 0.1) is 19.7 Å². The molecule has 0 aliphatic heterocycles. The quantitative estimate of drug-likeness (QED) is 0.873. The first-order valence-electron chi connectivity index (χ1n) is 5.19. The lowest BCUT2D eigenvalue weighted by molar-refractivity contribution is 0.220. The summed E-state index contributed by atoms with van der Waals surface area (Å²) in [7, 11) is 0. The third-order valence-corrected chi connectivity index (χ3v) is 4.29. The SMILES string of the molecule is Cc1cc(C(O)c2cc(Br)sc2C)ccc1F. The van der Waals surface area contributed by atoms with Crippen LogP contribution in [0.5, 0.6) is 0 Å². The molecule has 0 radical (unpaired) electrons. The van der Waals surface area contributed by atoms with Crippen LogP contribution in [0.15, 0.2) is 28.1 Å². The molecule has 2 rings (SSSR count). The van der Waals surface area contributed by atoms with E-state index in [0.29, 0.717) is 5.56 Å². The molecule has 1 nitrogen and oxygen atoms in total. The number of hydrogen-bond acceptors (Lipinski definition) is 2. The molecule has 0 fully saturated rings. The Balaban J connectivity index is 2.40. The molecule has 0 spiro atoms. The van der Waals surface area contributed by atoms with E-state index in [1.807, 2.05) is 13.0 Å². The van der Waals surface area contributed by atoms with Gasteiger partial charge >= 0.3 is 0 Å². The van der Waals surface area contributed by atoms with Gasteiger partial charge in [0.25, 0.3) is 0 Å². The summed E-state index contributed by atoms with van der Waals surface area (Å²) in [4.78, 5) is 1.06. The molecule has 0 aliphatic carbocycles. The summed E-state index contributed by atoms with van der Waals surface area (Å²) >= 11 is 4.98. The van der Waals surface area contributed by atoms with Crippen molar-refractivity contribution in [2.24, 2.45) is 0 Å². The molecule has 0 saturated heterocycles. The van der Waals surface area contributed by atoms with E-state index >= 15 is 0 Å². The monoisotopic (exact) mass is 314 g/mol. The number of halogens is 2. The van der Waals surface area contributed by atoms with Crippen molar-refractivity contribution in [2.75, 3.05) is 0 Å². The Hall–Kier alpha value is -0.710. The van der Waals surface area contributed by atoms with Crippen molar-refractivity contribution in [3.8, 4) is 0 Å². The fourth-order valence-corrected chi connectivity index (χ4v) is 3.49. The Morgan fingerprint density at radius 1 is 1.29 bits per heavy atom. The Kier molecular flexibility index (Phi) is 3.66. The Morgan fingerprint density at radius 2 is 2.00 bits per heavy atom. The first-order chi connectivity index (χ1) is 7.99. The molecule has 0 amide bonds. The molecular weight excluding hydrogens is 303 g/mol. The van der Waals surface area contributed by atoms with Crippen molar-refractivity contribution in [1.29, 1.82) is 0 Å². The maximum absolute atomic E-state index is 13.2. The number of rotatable bonds is 2. The number of aliphatic hydroxyl groups excluding tert-OH is 1. The highest BCUT2D eigenvalue weighted by molar-refractivity contribution is 9.11. The van der Waals surface area contributed by atoms with Gasteiger partial charge in [0, 0.05) is 4.88 Å². The van der Waals surface area contributed by atoms with Gasteiger partial charge in [-0.2, -0.15) is 0 Å². The molecular formula is C13H12BrFOS. The molecule has 1 N–H and O–H groups in total. The minimum absolute atomic E-state index is 0.246. The Bertz CT molecular complexity index is 550. The van der Waals surface area contributed by atoms with Gasteiger partial charge in [-0.15, -0.1) is 11.3 Å². The van der Waals surface area contributed by atoms with Gasteiger partial charge in [0.2, 0.25) is 0 Å². The fourth-order valence-electron chi connectivity index (χ4n) is 1.75. The molecule has 1 heterocycles. The highest BCUT2D eigenvalue weighted by Gasteiger charge is 2.16. The van der Waals surface area contributed by atoms with Crippen LogP contribution in [0.4, 0.5) is 4.39 Å². The average molecular weight is 315 g/mol. The lowest BCUT2D eigenvalue weighted by Gasteiger charge is -2.11. The van der Waals surface area contributed by atoms with E-state index in [-0.39, 0.29) is 5.82 Å². The summed E-state index contributed by atoms with van der Waals surface area (Å²) in [6.45, 7) is 3.66. The Labute approximate surface area is 112 Å². The standard InChI is InChI=1S/C13H12BrFOS/c1-7-5-9(3-4-11(7)15)13(16)10-6-12(14)17-8(10)2/h3-6,13,16H,1-2H3. The first-order valence-corrected chi connectivity index (χ1v) is 6.80. The highest BCUT2D eigenvalue weighted by Crippen LogP contribution is 2.33. The topological polar surface area (TPSA) is 20.2 Å². The zero-order valence-corrected chi connectivity index (χ0v) is 11.9. The van der Waals surface area contributed by atoms with E-state index in [0.717, 1.165) is 19.8 Å². The summed E-state index contributed by atoms with van der Waals surface area (Å²) in [5.41, 5.74) is 2.14. The van der Waals surface area contributed by atoms with Gasteiger partial charge in [0.15, 0.2) is 0 Å². The van der Waals surface area contributed by atoms with Crippen molar-refractivity contribution in [1.82, 2.24) is 0 Å². The van der Waals surface area contributed by atoms with Crippen LogP contribution in [-0.2, 0) is 0 Å². The average Bonchev–Trinajstić information content (AvgIpc) is 2.61. The number of benzene rings is 1. The molecule has 1 aromatic heterocycles. The second-order valence-corrected chi connectivity index (χ2v) is 6.61. The summed E-state index contributed by atoms with van der Waals surface area (Å²) in [6.07, 6.45) is -0.697. The summed E-state index contributed by atoms with van der Waals surface area (Å²) in [5, 5.41) is 10.3. The summed E-state index contributed by atoms with van der Waals surface area (Å²) in [6, 6.07) is 6.61.